The van der Waals surface area contributed by atoms with Gasteiger partial charge in [0.25, 0.3) is 0 Å². The summed E-state index contributed by atoms with van der Waals surface area (Å²) in [5.41, 5.74) is 8.92. The lowest BCUT2D eigenvalue weighted by molar-refractivity contribution is -0.137. The summed E-state index contributed by atoms with van der Waals surface area (Å²) < 4.78 is 41.1. The first-order valence-corrected chi connectivity index (χ1v) is 10.4. The van der Waals surface area contributed by atoms with Crippen molar-refractivity contribution in [1.29, 1.82) is 0 Å². The molecule has 5 rings (SSSR count). The number of rotatable bonds is 3. The van der Waals surface area contributed by atoms with Crippen molar-refractivity contribution in [2.75, 3.05) is 17.2 Å². The largest absolute Gasteiger partial charge is 0.416 e. The lowest BCUT2D eigenvalue weighted by atomic mass is 9.96. The molecule has 9 heteroatoms. The molecule has 2 N–H and O–H groups in total. The number of carbonyl (C=O) groups is 1. The van der Waals surface area contributed by atoms with Gasteiger partial charge in [-0.05, 0) is 35.7 Å². The Morgan fingerprint density at radius 2 is 1.85 bits per heavy atom. The standard InChI is InChI=1S/C24H20F3N5O/c1-31-12-19(20-21(28)29-13-30-22(20)31)14-5-7-17(8-6-14)32-10-9-18(23(32)33)15-3-2-4-16(11-15)24(25,26)27/h2-8,11-13,18H,9-10H2,1H3,(H2,28,29,30). The molecule has 1 atom stereocenters. The zero-order valence-corrected chi connectivity index (χ0v) is 17.7. The maximum atomic E-state index is 13.1. The number of aromatic nitrogens is 3. The number of hydrogen-bond donors (Lipinski definition) is 1. The van der Waals surface area contributed by atoms with Crippen molar-refractivity contribution in [3.63, 3.8) is 0 Å². The average molecular weight is 451 g/mol. The van der Waals surface area contributed by atoms with Crippen molar-refractivity contribution >= 4 is 28.4 Å². The number of aryl methyl sites for hydroxylation is 1. The Morgan fingerprint density at radius 3 is 2.58 bits per heavy atom. The van der Waals surface area contributed by atoms with Crippen molar-refractivity contribution in [3.8, 4) is 11.1 Å². The zero-order chi connectivity index (χ0) is 23.3. The van der Waals surface area contributed by atoms with E-state index in [1.54, 1.807) is 11.0 Å². The molecule has 0 saturated carbocycles. The Hall–Kier alpha value is -3.88. The van der Waals surface area contributed by atoms with Gasteiger partial charge in [0.2, 0.25) is 5.91 Å². The highest BCUT2D eigenvalue weighted by molar-refractivity contribution is 6.02. The Balaban J connectivity index is 1.42. The summed E-state index contributed by atoms with van der Waals surface area (Å²) in [4.78, 5) is 23.0. The minimum Gasteiger partial charge on any atom is -0.383 e. The minimum absolute atomic E-state index is 0.204. The quantitative estimate of drug-likeness (QED) is 0.487. The van der Waals surface area contributed by atoms with Crippen molar-refractivity contribution in [2.45, 2.75) is 18.5 Å². The summed E-state index contributed by atoms with van der Waals surface area (Å²) in [5, 5.41) is 0.759. The molecule has 1 aliphatic rings. The average Bonchev–Trinajstić information content (AvgIpc) is 3.34. The van der Waals surface area contributed by atoms with Crippen LogP contribution in [-0.4, -0.2) is 27.0 Å². The fraction of sp³-hybridized carbons (Fsp3) is 0.208. The first-order chi connectivity index (χ1) is 15.7. The molecule has 1 unspecified atom stereocenters. The SMILES string of the molecule is Cn1cc(-c2ccc(N3CCC(c4cccc(C(F)(F)F)c4)C3=O)cc2)c2c(N)ncnc21. The van der Waals surface area contributed by atoms with Gasteiger partial charge < -0.3 is 15.2 Å². The first kappa shape index (κ1) is 21.0. The van der Waals surface area contributed by atoms with Crippen LogP contribution in [0.5, 0.6) is 0 Å². The number of halogens is 3. The van der Waals surface area contributed by atoms with Crippen LogP contribution in [0.25, 0.3) is 22.2 Å². The molecule has 1 saturated heterocycles. The van der Waals surface area contributed by atoms with E-state index in [1.807, 2.05) is 42.1 Å². The van der Waals surface area contributed by atoms with Crippen LogP contribution in [0.2, 0.25) is 0 Å². The number of nitrogens with zero attached hydrogens (tertiary/aromatic N) is 4. The van der Waals surface area contributed by atoms with Crippen LogP contribution in [0.1, 0.15) is 23.5 Å². The number of benzene rings is 2. The van der Waals surface area contributed by atoms with Gasteiger partial charge in [-0.1, -0.05) is 30.3 Å². The number of fused-ring (bicyclic) bond motifs is 1. The molecule has 0 aliphatic carbocycles. The summed E-state index contributed by atoms with van der Waals surface area (Å²) in [5.74, 6) is -0.412. The highest BCUT2D eigenvalue weighted by Gasteiger charge is 2.36. The fourth-order valence-corrected chi connectivity index (χ4v) is 4.45. The monoisotopic (exact) mass is 451 g/mol. The van der Waals surface area contributed by atoms with E-state index in [4.69, 9.17) is 5.73 Å². The molecule has 33 heavy (non-hydrogen) atoms. The molecule has 0 bridgehead atoms. The zero-order valence-electron chi connectivity index (χ0n) is 17.7. The highest BCUT2D eigenvalue weighted by Crippen LogP contribution is 2.37. The van der Waals surface area contributed by atoms with Crippen LogP contribution in [-0.2, 0) is 18.0 Å². The van der Waals surface area contributed by atoms with Crippen molar-refractivity contribution in [1.82, 2.24) is 14.5 Å². The normalized spacial score (nSPS) is 16.7. The molecule has 1 fully saturated rings. The van der Waals surface area contributed by atoms with Crippen molar-refractivity contribution in [2.24, 2.45) is 7.05 Å². The van der Waals surface area contributed by atoms with E-state index in [0.717, 1.165) is 34.3 Å². The summed E-state index contributed by atoms with van der Waals surface area (Å²) in [7, 11) is 1.88. The van der Waals surface area contributed by atoms with Gasteiger partial charge in [-0.2, -0.15) is 13.2 Å². The van der Waals surface area contributed by atoms with Gasteiger partial charge in [-0.25, -0.2) is 9.97 Å². The number of alkyl halides is 3. The number of amides is 1. The van der Waals surface area contributed by atoms with Gasteiger partial charge in [0.1, 0.15) is 17.8 Å². The van der Waals surface area contributed by atoms with Gasteiger partial charge in [0.15, 0.2) is 0 Å². The van der Waals surface area contributed by atoms with Crippen LogP contribution in [0.15, 0.2) is 61.1 Å². The number of carbonyl (C=O) groups excluding carboxylic acids is 1. The maximum Gasteiger partial charge on any atom is 0.416 e. The van der Waals surface area contributed by atoms with Crippen molar-refractivity contribution in [3.05, 3.63) is 72.2 Å². The number of hydrogen-bond acceptors (Lipinski definition) is 4. The van der Waals surface area contributed by atoms with E-state index in [9.17, 15) is 18.0 Å². The fourth-order valence-electron chi connectivity index (χ4n) is 4.45. The van der Waals surface area contributed by atoms with Crippen LogP contribution in [0.4, 0.5) is 24.7 Å². The second-order valence-electron chi connectivity index (χ2n) is 8.11. The minimum atomic E-state index is -4.44. The third kappa shape index (κ3) is 3.59. The molecule has 0 radical (unpaired) electrons. The van der Waals surface area contributed by atoms with Crippen LogP contribution in [0.3, 0.4) is 0 Å². The highest BCUT2D eigenvalue weighted by atomic mass is 19.4. The van der Waals surface area contributed by atoms with E-state index < -0.39 is 17.7 Å². The first-order valence-electron chi connectivity index (χ1n) is 10.4. The van der Waals surface area contributed by atoms with Crippen LogP contribution in [0, 0.1) is 0 Å². The van der Waals surface area contributed by atoms with E-state index in [2.05, 4.69) is 9.97 Å². The topological polar surface area (TPSA) is 77.0 Å². The molecule has 6 nitrogen and oxygen atoms in total. The predicted molar refractivity (Wildman–Crippen MR) is 120 cm³/mol. The Morgan fingerprint density at radius 1 is 1.09 bits per heavy atom. The Kier molecular flexibility index (Phi) is 4.84. The molecule has 168 valence electrons. The molecule has 4 aromatic rings. The van der Waals surface area contributed by atoms with Gasteiger partial charge in [-0.15, -0.1) is 0 Å². The summed E-state index contributed by atoms with van der Waals surface area (Å²) in [6.07, 6.45) is -0.637. The lowest BCUT2D eigenvalue weighted by Crippen LogP contribution is -2.26. The summed E-state index contributed by atoms with van der Waals surface area (Å²) >= 11 is 0. The van der Waals surface area contributed by atoms with E-state index in [-0.39, 0.29) is 5.91 Å². The van der Waals surface area contributed by atoms with E-state index >= 15 is 0 Å². The maximum absolute atomic E-state index is 13.1. The third-order valence-electron chi connectivity index (χ3n) is 6.09. The second-order valence-corrected chi connectivity index (χ2v) is 8.11. The molecular formula is C24H20F3N5O. The summed E-state index contributed by atoms with van der Waals surface area (Å²) in [6, 6.07) is 12.5. The second kappa shape index (κ2) is 7.61. The number of nitrogen functional groups attached to an aromatic ring is 1. The van der Waals surface area contributed by atoms with Gasteiger partial charge >= 0.3 is 6.18 Å². The smallest absolute Gasteiger partial charge is 0.383 e. The molecule has 2 aromatic carbocycles. The molecule has 1 aliphatic heterocycles. The van der Waals surface area contributed by atoms with Crippen LogP contribution < -0.4 is 10.6 Å². The Labute approximate surface area is 187 Å². The summed E-state index contributed by atoms with van der Waals surface area (Å²) in [6.45, 7) is 0.439. The number of anilines is 2. The molecular weight excluding hydrogens is 431 g/mol. The van der Waals surface area contributed by atoms with Gasteiger partial charge in [-0.3, -0.25) is 4.79 Å². The third-order valence-corrected chi connectivity index (χ3v) is 6.09. The Bertz CT molecular complexity index is 1360. The van der Waals surface area contributed by atoms with Gasteiger partial charge in [0, 0.05) is 31.0 Å². The van der Waals surface area contributed by atoms with Crippen LogP contribution >= 0.6 is 0 Å². The molecule has 1 amide bonds. The molecule has 0 spiro atoms. The molecule has 3 heterocycles. The predicted octanol–water partition coefficient (Wildman–Crippen LogP) is 4.76. The van der Waals surface area contributed by atoms with Gasteiger partial charge in [0.05, 0.1) is 16.9 Å². The van der Waals surface area contributed by atoms with E-state index in [0.29, 0.717) is 30.0 Å². The lowest BCUT2D eigenvalue weighted by Gasteiger charge is -2.18. The van der Waals surface area contributed by atoms with Crippen molar-refractivity contribution < 1.29 is 18.0 Å². The van der Waals surface area contributed by atoms with E-state index in [1.165, 1.54) is 12.4 Å². The molecule has 2 aromatic heterocycles. The number of nitrogens with two attached hydrogens (primary N) is 1.